The van der Waals surface area contributed by atoms with Crippen LogP contribution in [0.4, 0.5) is 0 Å². The average molecular weight is 345 g/mol. The molecule has 23 heavy (non-hydrogen) atoms. The Kier molecular flexibility index (Phi) is 4.94. The molecule has 0 spiro atoms. The average Bonchev–Trinajstić information content (AvgIpc) is 3.14. The molecule has 0 radical (unpaired) electrons. The maximum Gasteiger partial charge on any atom is 0.186 e. The quantitative estimate of drug-likeness (QED) is 0.375. The van der Waals surface area contributed by atoms with Crippen LogP contribution in [0.15, 0.2) is 56.2 Å². The van der Waals surface area contributed by atoms with Crippen molar-refractivity contribution in [2.24, 2.45) is 5.10 Å². The Morgan fingerprint density at radius 1 is 1.39 bits per heavy atom. The molecule has 1 aromatic carbocycles. The molecule has 0 aliphatic carbocycles. The first-order chi connectivity index (χ1) is 11.2. The Hall–Kier alpha value is -2.32. The fourth-order valence-electron chi connectivity index (χ4n) is 1.89. The fraction of sp³-hybridized carbons (Fsp3) is 0.133. The van der Waals surface area contributed by atoms with Crippen molar-refractivity contribution < 1.29 is 4.42 Å². The van der Waals surface area contributed by atoms with Gasteiger partial charge >= 0.3 is 0 Å². The van der Waals surface area contributed by atoms with Crippen LogP contribution in [-0.2, 0) is 0 Å². The molecule has 2 aromatic heterocycles. The van der Waals surface area contributed by atoms with Gasteiger partial charge in [0.15, 0.2) is 15.4 Å². The number of aromatic amines is 1. The second-order valence-corrected chi connectivity index (χ2v) is 5.95. The van der Waals surface area contributed by atoms with Gasteiger partial charge in [-0.2, -0.15) is 5.10 Å². The number of hydrogen-bond acceptors (Lipinski definition) is 5. The van der Waals surface area contributed by atoms with Crippen LogP contribution in [0.2, 0.25) is 0 Å². The number of furan rings is 1. The van der Waals surface area contributed by atoms with Gasteiger partial charge in [0, 0.05) is 6.54 Å². The lowest BCUT2D eigenvalue weighted by Crippen LogP contribution is -2.31. The Labute approximate surface area is 142 Å². The second kappa shape index (κ2) is 7.30. The van der Waals surface area contributed by atoms with Gasteiger partial charge in [-0.15, -0.1) is 0 Å². The molecule has 6 nitrogen and oxygen atoms in total. The predicted molar refractivity (Wildman–Crippen MR) is 95.9 cm³/mol. The monoisotopic (exact) mass is 345 g/mol. The van der Waals surface area contributed by atoms with Crippen LogP contribution in [0, 0.1) is 0 Å². The number of hydrogen-bond donors (Lipinski definition) is 3. The molecule has 0 unspecified atom stereocenters. The van der Waals surface area contributed by atoms with Crippen LogP contribution in [-0.4, -0.2) is 27.8 Å². The molecule has 0 saturated carbocycles. The molecule has 0 amide bonds. The van der Waals surface area contributed by atoms with Crippen LogP contribution < -0.4 is 10.7 Å². The van der Waals surface area contributed by atoms with Gasteiger partial charge in [-0.1, -0.05) is 12.1 Å². The lowest BCUT2D eigenvalue weighted by Gasteiger charge is -2.01. The van der Waals surface area contributed by atoms with E-state index in [1.54, 1.807) is 6.21 Å². The van der Waals surface area contributed by atoms with Gasteiger partial charge in [-0.25, -0.2) is 4.98 Å². The van der Waals surface area contributed by atoms with E-state index in [-0.39, 0.29) is 0 Å². The molecule has 3 rings (SSSR count). The summed E-state index contributed by atoms with van der Waals surface area (Å²) in [7, 11) is 0. The van der Waals surface area contributed by atoms with Crippen molar-refractivity contribution in [2.75, 3.05) is 6.54 Å². The summed E-state index contributed by atoms with van der Waals surface area (Å²) in [5.74, 6) is 0.635. The lowest BCUT2D eigenvalue weighted by molar-refractivity contribution is 0.468. The highest BCUT2D eigenvalue weighted by Crippen LogP contribution is 2.28. The van der Waals surface area contributed by atoms with E-state index < -0.39 is 0 Å². The van der Waals surface area contributed by atoms with E-state index in [1.807, 2.05) is 43.3 Å². The number of nitrogens with zero attached hydrogens (tertiary/aromatic N) is 2. The molecule has 3 aromatic rings. The van der Waals surface area contributed by atoms with Gasteiger partial charge in [-0.3, -0.25) is 5.43 Å². The van der Waals surface area contributed by atoms with E-state index in [9.17, 15) is 0 Å². The summed E-state index contributed by atoms with van der Waals surface area (Å²) >= 11 is 6.44. The number of aromatic nitrogens is 2. The first-order valence-corrected chi connectivity index (χ1v) is 8.26. The normalized spacial score (nSPS) is 11.2. The van der Waals surface area contributed by atoms with Crippen LogP contribution in [0.3, 0.4) is 0 Å². The van der Waals surface area contributed by atoms with Gasteiger partial charge in [0.05, 0.1) is 17.2 Å². The largest absolute Gasteiger partial charge is 0.448 e. The summed E-state index contributed by atoms with van der Waals surface area (Å²) in [6, 6.07) is 11.6. The van der Waals surface area contributed by atoms with Crippen molar-refractivity contribution in [1.29, 1.82) is 0 Å². The summed E-state index contributed by atoms with van der Waals surface area (Å²) in [5.41, 5.74) is 4.65. The number of thiocarbonyl (C=S) groups is 1. The smallest absolute Gasteiger partial charge is 0.186 e. The Morgan fingerprint density at radius 3 is 3.09 bits per heavy atom. The highest BCUT2D eigenvalue weighted by Gasteiger charge is 2.07. The number of rotatable bonds is 5. The summed E-state index contributed by atoms with van der Waals surface area (Å²) < 4.78 is 5.68. The second-order valence-electron chi connectivity index (χ2n) is 4.55. The summed E-state index contributed by atoms with van der Waals surface area (Å²) in [4.78, 5) is 7.75. The summed E-state index contributed by atoms with van der Waals surface area (Å²) in [6.45, 7) is 2.71. The molecule has 0 atom stereocenters. The number of hydrazone groups is 1. The highest BCUT2D eigenvalue weighted by atomic mass is 32.2. The zero-order chi connectivity index (χ0) is 16.1. The molecule has 0 aliphatic rings. The third-order valence-corrected chi connectivity index (χ3v) is 3.91. The third-order valence-electron chi connectivity index (χ3n) is 2.86. The molecule has 0 aliphatic heterocycles. The van der Waals surface area contributed by atoms with Gasteiger partial charge in [-0.05, 0) is 55.2 Å². The van der Waals surface area contributed by atoms with Crippen LogP contribution in [0.1, 0.15) is 12.7 Å². The molecule has 3 N–H and O–H groups in total. The topological polar surface area (TPSA) is 78.2 Å². The minimum Gasteiger partial charge on any atom is -0.448 e. The Morgan fingerprint density at radius 2 is 2.26 bits per heavy atom. The predicted octanol–water partition coefficient (Wildman–Crippen LogP) is 3.13. The molecule has 2 heterocycles. The van der Waals surface area contributed by atoms with Crippen molar-refractivity contribution in [3.8, 4) is 0 Å². The van der Waals surface area contributed by atoms with Crippen LogP contribution in [0.25, 0.3) is 11.0 Å². The fourth-order valence-corrected chi connectivity index (χ4v) is 2.85. The van der Waals surface area contributed by atoms with E-state index in [0.29, 0.717) is 10.9 Å². The van der Waals surface area contributed by atoms with E-state index in [2.05, 4.69) is 25.8 Å². The summed E-state index contributed by atoms with van der Waals surface area (Å²) in [5, 5.41) is 8.95. The van der Waals surface area contributed by atoms with Crippen molar-refractivity contribution in [3.63, 3.8) is 0 Å². The van der Waals surface area contributed by atoms with E-state index in [1.165, 1.54) is 11.8 Å². The first-order valence-electron chi connectivity index (χ1n) is 7.04. The molecule has 8 heteroatoms. The van der Waals surface area contributed by atoms with Gasteiger partial charge < -0.3 is 14.7 Å². The minimum absolute atomic E-state index is 0.479. The summed E-state index contributed by atoms with van der Waals surface area (Å²) in [6.07, 6.45) is 1.58. The van der Waals surface area contributed by atoms with Crippen LogP contribution in [0.5, 0.6) is 0 Å². The SMILES string of the molecule is CCNC(=S)N/N=C\c1ccc(Sc2nc3ccccc3[nH]2)o1. The van der Waals surface area contributed by atoms with Crippen molar-refractivity contribution in [1.82, 2.24) is 20.7 Å². The van der Waals surface area contributed by atoms with Gasteiger partial charge in [0.25, 0.3) is 0 Å². The number of para-hydroxylation sites is 2. The molecule has 118 valence electrons. The lowest BCUT2D eigenvalue weighted by atomic mass is 10.3. The van der Waals surface area contributed by atoms with Crippen LogP contribution >= 0.6 is 24.0 Å². The van der Waals surface area contributed by atoms with E-state index in [0.717, 1.165) is 27.8 Å². The maximum atomic E-state index is 5.68. The Bertz CT molecular complexity index is 806. The number of imidazole rings is 1. The van der Waals surface area contributed by atoms with Crippen molar-refractivity contribution in [2.45, 2.75) is 17.2 Å². The van der Waals surface area contributed by atoms with Gasteiger partial charge in [0.2, 0.25) is 0 Å². The number of nitrogens with one attached hydrogen (secondary N) is 3. The standard InChI is InChI=1S/C15H15N5OS2/c1-2-16-14(22)20-17-9-10-7-8-13(21-10)23-15-18-11-5-3-4-6-12(11)19-15/h3-9H,2H2,1H3,(H,18,19)(H2,16,20,22)/b17-9-. The zero-order valence-electron chi connectivity index (χ0n) is 12.4. The zero-order valence-corrected chi connectivity index (χ0v) is 14.0. The first kappa shape index (κ1) is 15.6. The Balaban J connectivity index is 1.62. The van der Waals surface area contributed by atoms with Crippen molar-refractivity contribution in [3.05, 3.63) is 42.2 Å². The number of benzene rings is 1. The number of H-pyrrole nitrogens is 1. The van der Waals surface area contributed by atoms with E-state index in [4.69, 9.17) is 16.6 Å². The molecule has 0 fully saturated rings. The molecular weight excluding hydrogens is 330 g/mol. The molecule has 0 bridgehead atoms. The minimum atomic E-state index is 0.479. The maximum absolute atomic E-state index is 5.68. The van der Waals surface area contributed by atoms with Crippen molar-refractivity contribution >= 4 is 46.3 Å². The van der Waals surface area contributed by atoms with Gasteiger partial charge in [0.1, 0.15) is 5.76 Å². The molecule has 0 saturated heterocycles. The number of fused-ring (bicyclic) bond motifs is 1. The molecular formula is C15H15N5OS2. The van der Waals surface area contributed by atoms with E-state index >= 15 is 0 Å². The highest BCUT2D eigenvalue weighted by molar-refractivity contribution is 7.99. The third kappa shape index (κ3) is 4.11.